The summed E-state index contributed by atoms with van der Waals surface area (Å²) < 4.78 is 0. The van der Waals surface area contributed by atoms with Crippen LogP contribution in [0.15, 0.2) is 0 Å². The van der Waals surface area contributed by atoms with Gasteiger partial charge in [-0.15, -0.1) is 0 Å². The molecule has 8 nitrogen and oxygen atoms in total. The van der Waals surface area contributed by atoms with Crippen molar-refractivity contribution in [2.24, 2.45) is 5.73 Å². The third kappa shape index (κ3) is 3.92. The lowest BCUT2D eigenvalue weighted by molar-refractivity contribution is -0.156. The van der Waals surface area contributed by atoms with E-state index in [2.05, 4.69) is 0 Å². The predicted octanol–water partition coefficient (Wildman–Crippen LogP) is -4.90. The third-order valence-electron chi connectivity index (χ3n) is 2.27. The average Bonchev–Trinajstić information content (AvgIpc) is 2.32. The van der Waals surface area contributed by atoms with Gasteiger partial charge in [-0.05, 0) is 0 Å². The van der Waals surface area contributed by atoms with Gasteiger partial charge in [-0.1, -0.05) is 0 Å². The Labute approximate surface area is 92.2 Å². The van der Waals surface area contributed by atoms with E-state index >= 15 is 0 Å². The van der Waals surface area contributed by atoms with E-state index in [-0.39, 0.29) is 6.54 Å². The molecule has 0 aromatic carbocycles. The zero-order valence-corrected chi connectivity index (χ0v) is 8.59. The monoisotopic (exact) mass is 241 g/mol. The summed E-state index contributed by atoms with van der Waals surface area (Å²) in [6, 6.07) is 0. The van der Waals surface area contributed by atoms with Crippen molar-refractivity contribution in [3.63, 3.8) is 0 Å². The highest BCUT2D eigenvalue weighted by Crippen LogP contribution is 2.10. The first kappa shape index (κ1) is 15.7. The molecule has 0 aromatic rings. The van der Waals surface area contributed by atoms with Gasteiger partial charge in [0.1, 0.15) is 30.5 Å². The molecule has 0 unspecified atom stereocenters. The second-order valence-corrected chi connectivity index (χ2v) is 3.52. The second-order valence-electron chi connectivity index (χ2n) is 3.52. The van der Waals surface area contributed by atoms with Crippen LogP contribution in [-0.2, 0) is 0 Å². The molecule has 0 aliphatic heterocycles. The third-order valence-corrected chi connectivity index (χ3v) is 2.27. The second kappa shape index (κ2) is 7.09. The molecular weight excluding hydrogens is 222 g/mol. The molecule has 0 heterocycles. The summed E-state index contributed by atoms with van der Waals surface area (Å²) in [5, 5.41) is 63.7. The number of aliphatic hydroxyl groups is 7. The van der Waals surface area contributed by atoms with Crippen LogP contribution in [0.4, 0.5) is 0 Å². The van der Waals surface area contributed by atoms with E-state index in [0.29, 0.717) is 0 Å². The van der Waals surface area contributed by atoms with Crippen molar-refractivity contribution in [2.45, 2.75) is 36.6 Å². The highest BCUT2D eigenvalue weighted by atomic mass is 16.4. The molecule has 9 N–H and O–H groups in total. The lowest BCUT2D eigenvalue weighted by Gasteiger charge is -2.30. The van der Waals surface area contributed by atoms with Crippen LogP contribution in [0.5, 0.6) is 0 Å². The van der Waals surface area contributed by atoms with Crippen molar-refractivity contribution in [2.75, 3.05) is 13.2 Å². The smallest absolute Gasteiger partial charge is 0.111 e. The molecule has 0 aliphatic rings. The van der Waals surface area contributed by atoms with Crippen molar-refractivity contribution >= 4 is 0 Å². The molecule has 0 radical (unpaired) electrons. The van der Waals surface area contributed by atoms with Crippen molar-refractivity contribution in [3.8, 4) is 0 Å². The first-order valence-electron chi connectivity index (χ1n) is 4.76. The van der Waals surface area contributed by atoms with Crippen LogP contribution in [0.3, 0.4) is 0 Å². The van der Waals surface area contributed by atoms with Gasteiger partial charge in [0.05, 0.1) is 12.7 Å². The van der Waals surface area contributed by atoms with E-state index in [9.17, 15) is 20.4 Å². The summed E-state index contributed by atoms with van der Waals surface area (Å²) in [5.74, 6) is 0. The maximum Gasteiger partial charge on any atom is 0.111 e. The van der Waals surface area contributed by atoms with E-state index < -0.39 is 43.2 Å². The Hall–Kier alpha value is -0.320. The molecule has 98 valence electrons. The van der Waals surface area contributed by atoms with E-state index in [1.165, 1.54) is 0 Å². The Morgan fingerprint density at radius 3 is 1.38 bits per heavy atom. The maximum absolute atomic E-state index is 9.33. The molecule has 0 rings (SSSR count). The standard InChI is InChI=1S/C8H19NO7/c9-1-3(11)5(13)7(15)8(16)6(14)4(12)2-10/h3-8,10-16H,1-2,9H2/t3-,4+,5-,6-,7-,8+/m0/s1. The average molecular weight is 241 g/mol. The van der Waals surface area contributed by atoms with Gasteiger partial charge in [-0.25, -0.2) is 0 Å². The minimum atomic E-state index is -1.92. The van der Waals surface area contributed by atoms with Gasteiger partial charge in [0.2, 0.25) is 0 Å². The summed E-state index contributed by atoms with van der Waals surface area (Å²) >= 11 is 0. The molecule has 16 heavy (non-hydrogen) atoms. The fraction of sp³-hybridized carbons (Fsp3) is 1.00. The van der Waals surface area contributed by atoms with Crippen LogP contribution >= 0.6 is 0 Å². The van der Waals surface area contributed by atoms with Gasteiger partial charge in [0.15, 0.2) is 0 Å². The molecule has 0 fully saturated rings. The van der Waals surface area contributed by atoms with Gasteiger partial charge in [0, 0.05) is 6.54 Å². The van der Waals surface area contributed by atoms with Gasteiger partial charge in [-0.3, -0.25) is 0 Å². The van der Waals surface area contributed by atoms with Crippen molar-refractivity contribution < 1.29 is 35.7 Å². The fourth-order valence-electron chi connectivity index (χ4n) is 1.11. The van der Waals surface area contributed by atoms with Gasteiger partial charge >= 0.3 is 0 Å². The van der Waals surface area contributed by atoms with Crippen molar-refractivity contribution in [3.05, 3.63) is 0 Å². The van der Waals surface area contributed by atoms with Crippen LogP contribution in [0.25, 0.3) is 0 Å². The number of nitrogens with two attached hydrogens (primary N) is 1. The normalized spacial score (nSPS) is 23.2. The molecular formula is C8H19NO7. The predicted molar refractivity (Wildman–Crippen MR) is 52.2 cm³/mol. The Kier molecular flexibility index (Phi) is 6.95. The number of hydrogen-bond donors (Lipinski definition) is 8. The number of hydrogen-bond acceptors (Lipinski definition) is 8. The Morgan fingerprint density at radius 2 is 1.06 bits per heavy atom. The molecule has 0 bridgehead atoms. The molecule has 0 spiro atoms. The molecule has 8 heteroatoms. The Balaban J connectivity index is 4.41. The lowest BCUT2D eigenvalue weighted by atomic mass is 9.96. The van der Waals surface area contributed by atoms with E-state index in [1.54, 1.807) is 0 Å². The van der Waals surface area contributed by atoms with Crippen molar-refractivity contribution in [1.29, 1.82) is 0 Å². The summed E-state index contributed by atoms with van der Waals surface area (Å²) in [5.41, 5.74) is 5.02. The van der Waals surface area contributed by atoms with Gasteiger partial charge < -0.3 is 41.5 Å². The first-order chi connectivity index (χ1) is 7.36. The van der Waals surface area contributed by atoms with Gasteiger partial charge in [-0.2, -0.15) is 0 Å². The number of aliphatic hydroxyl groups excluding tert-OH is 7. The SMILES string of the molecule is NC[C@H](O)[C@H](O)[C@H](O)[C@H](O)[C@@H](O)[C@H](O)CO. The quantitative estimate of drug-likeness (QED) is 0.219. The molecule has 0 aromatic heterocycles. The largest absolute Gasteiger partial charge is 0.394 e. The van der Waals surface area contributed by atoms with Crippen molar-refractivity contribution in [1.82, 2.24) is 0 Å². The highest BCUT2D eigenvalue weighted by Gasteiger charge is 2.36. The number of rotatable bonds is 7. The minimum Gasteiger partial charge on any atom is -0.394 e. The summed E-state index contributed by atoms with van der Waals surface area (Å²) in [6.07, 6.45) is -10.6. The van der Waals surface area contributed by atoms with Crippen LogP contribution in [-0.4, -0.2) is 85.5 Å². The molecule has 0 amide bonds. The zero-order chi connectivity index (χ0) is 12.9. The summed E-state index contributed by atoms with van der Waals surface area (Å²) in [6.45, 7) is -1.16. The van der Waals surface area contributed by atoms with Crippen LogP contribution < -0.4 is 5.73 Å². The van der Waals surface area contributed by atoms with Crippen LogP contribution in [0.2, 0.25) is 0 Å². The lowest BCUT2D eigenvalue weighted by Crippen LogP contribution is -2.53. The molecule has 0 saturated heterocycles. The Morgan fingerprint density at radius 1 is 0.688 bits per heavy atom. The fourth-order valence-corrected chi connectivity index (χ4v) is 1.11. The summed E-state index contributed by atoms with van der Waals surface area (Å²) in [7, 11) is 0. The highest BCUT2D eigenvalue weighted by molar-refractivity contribution is 4.87. The van der Waals surface area contributed by atoms with Crippen LogP contribution in [0, 0.1) is 0 Å². The zero-order valence-electron chi connectivity index (χ0n) is 8.59. The van der Waals surface area contributed by atoms with Gasteiger partial charge in [0.25, 0.3) is 0 Å². The first-order valence-corrected chi connectivity index (χ1v) is 4.76. The molecule has 0 aliphatic carbocycles. The maximum atomic E-state index is 9.33. The van der Waals surface area contributed by atoms with E-state index in [4.69, 9.17) is 21.1 Å². The van der Waals surface area contributed by atoms with Crippen LogP contribution in [0.1, 0.15) is 0 Å². The minimum absolute atomic E-state index is 0.344. The van der Waals surface area contributed by atoms with E-state index in [1.807, 2.05) is 0 Å². The molecule has 0 saturated carbocycles. The van der Waals surface area contributed by atoms with E-state index in [0.717, 1.165) is 0 Å². The summed E-state index contributed by atoms with van der Waals surface area (Å²) in [4.78, 5) is 0. The topological polar surface area (TPSA) is 168 Å². The Bertz CT molecular complexity index is 173. The molecule has 6 atom stereocenters.